The Morgan fingerprint density at radius 2 is 1.02 bits per heavy atom. The van der Waals surface area contributed by atoms with Crippen LogP contribution < -0.4 is 0 Å². The number of benzene rings is 4. The third-order valence-electron chi connectivity index (χ3n) is 7.13. The molecule has 0 saturated carbocycles. The molecule has 4 aromatic carbocycles. The number of ether oxygens (including phenoxy) is 3. The minimum atomic E-state index is -0.981. The van der Waals surface area contributed by atoms with Crippen LogP contribution in [0.3, 0.4) is 0 Å². The van der Waals surface area contributed by atoms with Crippen molar-refractivity contribution in [3.8, 4) is 0 Å². The highest BCUT2D eigenvalue weighted by Gasteiger charge is 2.12. The standard InChI is InChI=1S/C19H20N2O4.C17H18N2O2/c22-19(23)14-25-11-10-24-13-17-16-8-4-5-9-18(16)21(20-17)12-15-6-2-1-3-7-15;20-10-11-21-13-16-15-8-4-5-9-17(15)19(18-16)12-14-6-2-1-3-7-14/h1-9H,10-14H2,(H,22,23);1-9,20H,10-13H2. The molecule has 0 atom stereocenters. The van der Waals surface area contributed by atoms with Gasteiger partial charge in [0.05, 0.1) is 75.2 Å². The van der Waals surface area contributed by atoms with Crippen molar-refractivity contribution in [2.75, 3.05) is 33.0 Å². The highest BCUT2D eigenvalue weighted by atomic mass is 16.5. The fraction of sp³-hybridized carbons (Fsp3) is 0.250. The number of aromatic nitrogens is 4. The van der Waals surface area contributed by atoms with E-state index >= 15 is 0 Å². The lowest BCUT2D eigenvalue weighted by molar-refractivity contribution is -0.142. The number of carboxylic acid groups (broad SMARTS) is 1. The smallest absolute Gasteiger partial charge is 0.329 e. The number of rotatable bonds is 15. The molecule has 2 aromatic heterocycles. The second-order valence-electron chi connectivity index (χ2n) is 10.5. The van der Waals surface area contributed by atoms with Crippen molar-refractivity contribution in [2.24, 2.45) is 0 Å². The largest absolute Gasteiger partial charge is 0.480 e. The van der Waals surface area contributed by atoms with Gasteiger partial charge in [0.1, 0.15) is 6.61 Å². The van der Waals surface area contributed by atoms with Gasteiger partial charge in [0.2, 0.25) is 0 Å². The van der Waals surface area contributed by atoms with Gasteiger partial charge < -0.3 is 24.4 Å². The first-order chi connectivity index (χ1) is 22.6. The van der Waals surface area contributed by atoms with E-state index in [-0.39, 0.29) is 19.8 Å². The Morgan fingerprint density at radius 3 is 1.50 bits per heavy atom. The Bertz CT molecular complexity index is 1800. The van der Waals surface area contributed by atoms with Crippen molar-refractivity contribution in [3.05, 3.63) is 132 Å². The monoisotopic (exact) mass is 622 g/mol. The lowest BCUT2D eigenvalue weighted by Crippen LogP contribution is -2.11. The molecule has 2 heterocycles. The Labute approximate surface area is 267 Å². The molecule has 10 heteroatoms. The van der Waals surface area contributed by atoms with Gasteiger partial charge in [0.15, 0.2) is 0 Å². The van der Waals surface area contributed by atoms with E-state index in [1.165, 1.54) is 11.1 Å². The van der Waals surface area contributed by atoms with Crippen LogP contribution in [0.5, 0.6) is 0 Å². The van der Waals surface area contributed by atoms with Crippen LogP contribution in [0.15, 0.2) is 109 Å². The molecule has 0 aliphatic rings. The molecule has 0 saturated heterocycles. The molecule has 238 valence electrons. The molecule has 0 fully saturated rings. The van der Waals surface area contributed by atoms with Crippen molar-refractivity contribution >= 4 is 27.8 Å². The van der Waals surface area contributed by atoms with E-state index in [0.717, 1.165) is 39.7 Å². The van der Waals surface area contributed by atoms with Gasteiger partial charge in [-0.25, -0.2) is 4.79 Å². The van der Waals surface area contributed by atoms with Gasteiger partial charge in [-0.1, -0.05) is 97.1 Å². The number of carbonyl (C=O) groups is 1. The van der Waals surface area contributed by atoms with Crippen molar-refractivity contribution in [2.45, 2.75) is 26.3 Å². The minimum Gasteiger partial charge on any atom is -0.480 e. The highest BCUT2D eigenvalue weighted by Crippen LogP contribution is 2.21. The van der Waals surface area contributed by atoms with Crippen LogP contribution in [0.1, 0.15) is 22.5 Å². The number of aliphatic carboxylic acids is 1. The van der Waals surface area contributed by atoms with Gasteiger partial charge in [0.25, 0.3) is 0 Å². The summed E-state index contributed by atoms with van der Waals surface area (Å²) in [4.78, 5) is 10.4. The molecular weight excluding hydrogens is 584 g/mol. The molecule has 10 nitrogen and oxygen atoms in total. The van der Waals surface area contributed by atoms with E-state index in [0.29, 0.717) is 33.0 Å². The Balaban J connectivity index is 0.000000184. The molecule has 0 unspecified atom stereocenters. The summed E-state index contributed by atoms with van der Waals surface area (Å²) in [5.74, 6) is -0.981. The summed E-state index contributed by atoms with van der Waals surface area (Å²) in [7, 11) is 0. The van der Waals surface area contributed by atoms with Crippen LogP contribution in [0, 0.1) is 0 Å². The maximum absolute atomic E-state index is 10.4. The van der Waals surface area contributed by atoms with E-state index in [9.17, 15) is 4.79 Å². The topological polar surface area (TPSA) is 121 Å². The first-order valence-corrected chi connectivity index (χ1v) is 15.1. The van der Waals surface area contributed by atoms with Crippen LogP contribution in [-0.2, 0) is 45.3 Å². The van der Waals surface area contributed by atoms with Gasteiger partial charge in [-0.2, -0.15) is 10.2 Å². The van der Waals surface area contributed by atoms with Gasteiger partial charge in [-0.3, -0.25) is 9.36 Å². The van der Waals surface area contributed by atoms with Crippen LogP contribution in [0.2, 0.25) is 0 Å². The molecule has 0 aliphatic heterocycles. The molecule has 0 bridgehead atoms. The van der Waals surface area contributed by atoms with Gasteiger partial charge in [-0.05, 0) is 23.3 Å². The molecule has 6 aromatic rings. The number of para-hydroxylation sites is 2. The van der Waals surface area contributed by atoms with E-state index in [1.54, 1.807) is 0 Å². The molecule has 0 aliphatic carbocycles. The fourth-order valence-corrected chi connectivity index (χ4v) is 5.04. The first kappa shape index (κ1) is 32.5. The summed E-state index contributed by atoms with van der Waals surface area (Å²) >= 11 is 0. The Kier molecular flexibility index (Phi) is 12.0. The van der Waals surface area contributed by atoms with E-state index in [1.807, 2.05) is 82.2 Å². The fourth-order valence-electron chi connectivity index (χ4n) is 5.04. The zero-order valence-electron chi connectivity index (χ0n) is 25.6. The summed E-state index contributed by atoms with van der Waals surface area (Å²) in [5, 5.41) is 28.8. The van der Waals surface area contributed by atoms with Gasteiger partial charge in [0, 0.05) is 10.8 Å². The number of carboxylic acids is 1. The number of hydrogen-bond donors (Lipinski definition) is 2. The molecule has 0 spiro atoms. The molecule has 2 N–H and O–H groups in total. The van der Waals surface area contributed by atoms with E-state index in [2.05, 4.69) is 46.6 Å². The SMILES string of the molecule is O=C(O)COCCOCc1nn(Cc2ccccc2)c2ccccc12.OCCOCc1nn(Cc2ccccc2)c2ccccc12. The zero-order valence-corrected chi connectivity index (χ0v) is 25.6. The summed E-state index contributed by atoms with van der Waals surface area (Å²) in [5.41, 5.74) is 6.34. The zero-order chi connectivity index (χ0) is 32.0. The number of aliphatic hydroxyl groups excluding tert-OH is 1. The van der Waals surface area contributed by atoms with E-state index < -0.39 is 5.97 Å². The second-order valence-corrected chi connectivity index (χ2v) is 10.5. The van der Waals surface area contributed by atoms with Gasteiger partial charge >= 0.3 is 5.97 Å². The first-order valence-electron chi connectivity index (χ1n) is 15.1. The van der Waals surface area contributed by atoms with E-state index in [4.69, 9.17) is 24.4 Å². The number of hydrogen-bond acceptors (Lipinski definition) is 7. The predicted octanol–water partition coefficient (Wildman–Crippen LogP) is 5.30. The Morgan fingerprint density at radius 1 is 0.587 bits per heavy atom. The van der Waals surface area contributed by atoms with Crippen LogP contribution in [0.4, 0.5) is 0 Å². The molecule has 0 amide bonds. The lowest BCUT2D eigenvalue weighted by Gasteiger charge is -2.04. The number of fused-ring (bicyclic) bond motifs is 2. The molecular formula is C36H38N4O6. The van der Waals surface area contributed by atoms with Crippen LogP contribution in [0.25, 0.3) is 21.8 Å². The average molecular weight is 623 g/mol. The summed E-state index contributed by atoms with van der Waals surface area (Å²) < 4.78 is 19.9. The van der Waals surface area contributed by atoms with Crippen molar-refractivity contribution in [1.82, 2.24) is 19.6 Å². The number of nitrogens with zero attached hydrogens (tertiary/aromatic N) is 4. The van der Waals surface area contributed by atoms with Crippen molar-refractivity contribution < 1.29 is 29.2 Å². The quantitative estimate of drug-likeness (QED) is 0.148. The van der Waals surface area contributed by atoms with Crippen LogP contribution >= 0.6 is 0 Å². The van der Waals surface area contributed by atoms with Crippen molar-refractivity contribution in [1.29, 1.82) is 0 Å². The normalized spacial score (nSPS) is 11.1. The highest BCUT2D eigenvalue weighted by molar-refractivity contribution is 5.82. The molecule has 6 rings (SSSR count). The Hall–Kier alpha value is -4.87. The summed E-state index contributed by atoms with van der Waals surface area (Å²) in [6.45, 7) is 2.84. The van der Waals surface area contributed by atoms with Crippen molar-refractivity contribution in [3.63, 3.8) is 0 Å². The second kappa shape index (κ2) is 17.0. The maximum atomic E-state index is 10.4. The predicted molar refractivity (Wildman–Crippen MR) is 175 cm³/mol. The molecule has 46 heavy (non-hydrogen) atoms. The average Bonchev–Trinajstić information content (AvgIpc) is 3.61. The summed E-state index contributed by atoms with van der Waals surface area (Å²) in [6, 6.07) is 36.7. The lowest BCUT2D eigenvalue weighted by atomic mass is 10.2. The third-order valence-corrected chi connectivity index (χ3v) is 7.13. The minimum absolute atomic E-state index is 0.0304. The van der Waals surface area contributed by atoms with Gasteiger partial charge in [-0.15, -0.1) is 0 Å². The summed E-state index contributed by atoms with van der Waals surface area (Å²) in [6.07, 6.45) is 0. The maximum Gasteiger partial charge on any atom is 0.329 e. The third kappa shape index (κ3) is 9.09. The van der Waals surface area contributed by atoms with Crippen LogP contribution in [-0.4, -0.2) is 68.8 Å². The molecule has 0 radical (unpaired) electrons. The number of aliphatic hydroxyl groups is 1.